The van der Waals surface area contributed by atoms with Crippen LogP contribution in [0.1, 0.15) is 24.2 Å². The molecule has 0 amide bonds. The first-order valence-corrected chi connectivity index (χ1v) is 6.63. The third kappa shape index (κ3) is 2.46. The van der Waals surface area contributed by atoms with E-state index in [0.717, 1.165) is 32.6 Å². The smallest absolute Gasteiger partial charge is 0.0952 e. The Labute approximate surface area is 107 Å². The summed E-state index contributed by atoms with van der Waals surface area (Å²) in [7, 11) is 0. The zero-order valence-electron chi connectivity index (χ0n) is 10.5. The van der Waals surface area contributed by atoms with Gasteiger partial charge in [-0.15, -0.1) is 0 Å². The zero-order valence-corrected chi connectivity index (χ0v) is 10.5. The standard InChI is InChI=1S/C13H19N5/c1(6-17-8-5-15-10-17)2-7-18-11-16-12-9-14-4-3-13(12)18/h5,8,10-11,14H,1-4,6-7,9H2. The van der Waals surface area contributed by atoms with Crippen molar-refractivity contribution < 1.29 is 0 Å². The Morgan fingerprint density at radius 1 is 1.22 bits per heavy atom. The number of rotatable bonds is 5. The van der Waals surface area contributed by atoms with Gasteiger partial charge in [0.25, 0.3) is 0 Å². The fourth-order valence-corrected chi connectivity index (χ4v) is 2.49. The summed E-state index contributed by atoms with van der Waals surface area (Å²) in [6.45, 7) is 4.14. The molecule has 1 aliphatic rings. The first kappa shape index (κ1) is 11.5. The van der Waals surface area contributed by atoms with Crippen LogP contribution in [0.4, 0.5) is 0 Å². The van der Waals surface area contributed by atoms with Crippen LogP contribution in [-0.2, 0) is 26.1 Å². The van der Waals surface area contributed by atoms with Gasteiger partial charge in [0.1, 0.15) is 0 Å². The Bertz CT molecular complexity index is 485. The number of nitrogens with zero attached hydrogens (tertiary/aromatic N) is 4. The molecule has 0 spiro atoms. The summed E-state index contributed by atoms with van der Waals surface area (Å²) in [5.74, 6) is 0. The van der Waals surface area contributed by atoms with Crippen molar-refractivity contribution in [3.8, 4) is 0 Å². The van der Waals surface area contributed by atoms with Gasteiger partial charge in [-0.1, -0.05) is 0 Å². The molecule has 5 heteroatoms. The van der Waals surface area contributed by atoms with Crippen LogP contribution in [0.2, 0.25) is 0 Å². The highest BCUT2D eigenvalue weighted by Gasteiger charge is 2.13. The second-order valence-electron chi connectivity index (χ2n) is 4.77. The molecule has 0 aliphatic carbocycles. The molecule has 0 fully saturated rings. The minimum atomic E-state index is 0.928. The molecule has 5 nitrogen and oxygen atoms in total. The van der Waals surface area contributed by atoms with Crippen molar-refractivity contribution in [2.24, 2.45) is 0 Å². The van der Waals surface area contributed by atoms with Gasteiger partial charge < -0.3 is 14.5 Å². The van der Waals surface area contributed by atoms with E-state index in [1.807, 2.05) is 25.0 Å². The van der Waals surface area contributed by atoms with Crippen LogP contribution in [0.25, 0.3) is 0 Å². The molecular weight excluding hydrogens is 226 g/mol. The van der Waals surface area contributed by atoms with Crippen molar-refractivity contribution in [1.82, 2.24) is 24.4 Å². The van der Waals surface area contributed by atoms with Crippen LogP contribution >= 0.6 is 0 Å². The first-order valence-electron chi connectivity index (χ1n) is 6.63. The van der Waals surface area contributed by atoms with Crippen LogP contribution in [0.5, 0.6) is 0 Å². The van der Waals surface area contributed by atoms with Crippen LogP contribution in [-0.4, -0.2) is 25.6 Å². The van der Waals surface area contributed by atoms with E-state index in [9.17, 15) is 0 Å². The number of nitrogens with one attached hydrogen (secondary N) is 1. The predicted octanol–water partition coefficient (Wildman–Crippen LogP) is 1.21. The lowest BCUT2D eigenvalue weighted by molar-refractivity contribution is 0.530. The third-order valence-corrected chi connectivity index (χ3v) is 3.49. The minimum Gasteiger partial charge on any atom is -0.337 e. The van der Waals surface area contributed by atoms with E-state index >= 15 is 0 Å². The van der Waals surface area contributed by atoms with Gasteiger partial charge >= 0.3 is 0 Å². The fourth-order valence-electron chi connectivity index (χ4n) is 2.49. The summed E-state index contributed by atoms with van der Waals surface area (Å²) < 4.78 is 4.46. The van der Waals surface area contributed by atoms with Gasteiger partial charge in [-0.3, -0.25) is 0 Å². The van der Waals surface area contributed by atoms with Crippen molar-refractivity contribution in [1.29, 1.82) is 0 Å². The van der Waals surface area contributed by atoms with Crippen molar-refractivity contribution in [3.05, 3.63) is 36.4 Å². The van der Waals surface area contributed by atoms with Gasteiger partial charge in [0, 0.05) is 50.7 Å². The number of fused-ring (bicyclic) bond motifs is 1. The fraction of sp³-hybridized carbons (Fsp3) is 0.538. The summed E-state index contributed by atoms with van der Waals surface area (Å²) in [6.07, 6.45) is 11.2. The SMILES string of the molecule is c1cn(CCCCn2cnc3c2CCNC3)cn1. The van der Waals surface area contributed by atoms with Crippen molar-refractivity contribution in [3.63, 3.8) is 0 Å². The molecule has 1 N–H and O–H groups in total. The largest absolute Gasteiger partial charge is 0.337 e. The summed E-state index contributed by atoms with van der Waals surface area (Å²) >= 11 is 0. The number of unbranched alkanes of at least 4 members (excludes halogenated alkanes) is 1. The maximum absolute atomic E-state index is 4.47. The van der Waals surface area contributed by atoms with Gasteiger partial charge in [0.2, 0.25) is 0 Å². The van der Waals surface area contributed by atoms with Crippen molar-refractivity contribution in [2.45, 2.75) is 38.9 Å². The first-order chi connectivity index (χ1) is 8.93. The Balaban J connectivity index is 1.49. The highest BCUT2D eigenvalue weighted by Crippen LogP contribution is 2.13. The lowest BCUT2D eigenvalue weighted by Gasteiger charge is -2.15. The van der Waals surface area contributed by atoms with Gasteiger partial charge in [-0.25, -0.2) is 9.97 Å². The van der Waals surface area contributed by atoms with Crippen molar-refractivity contribution in [2.75, 3.05) is 6.54 Å². The molecule has 0 atom stereocenters. The summed E-state index contributed by atoms with van der Waals surface area (Å²) in [5.41, 5.74) is 2.66. The molecule has 18 heavy (non-hydrogen) atoms. The quantitative estimate of drug-likeness (QED) is 0.805. The molecule has 0 unspecified atom stereocenters. The number of aromatic nitrogens is 4. The zero-order chi connectivity index (χ0) is 12.2. The Hall–Kier alpha value is -1.62. The second kappa shape index (κ2) is 5.35. The summed E-state index contributed by atoms with van der Waals surface area (Å²) in [4.78, 5) is 8.52. The molecule has 1 aliphatic heterocycles. The second-order valence-corrected chi connectivity index (χ2v) is 4.77. The lowest BCUT2D eigenvalue weighted by atomic mass is 10.2. The van der Waals surface area contributed by atoms with Crippen LogP contribution < -0.4 is 5.32 Å². The number of imidazole rings is 2. The van der Waals surface area contributed by atoms with Crippen LogP contribution in [0.3, 0.4) is 0 Å². The van der Waals surface area contributed by atoms with E-state index < -0.39 is 0 Å². The van der Waals surface area contributed by atoms with Crippen LogP contribution in [0.15, 0.2) is 25.0 Å². The molecule has 0 saturated heterocycles. The molecule has 2 aromatic heterocycles. The third-order valence-electron chi connectivity index (χ3n) is 3.49. The van der Waals surface area contributed by atoms with E-state index in [-0.39, 0.29) is 0 Å². The topological polar surface area (TPSA) is 47.7 Å². The summed E-state index contributed by atoms with van der Waals surface area (Å²) in [5, 5.41) is 3.35. The Kier molecular flexibility index (Phi) is 3.41. The molecule has 0 saturated carbocycles. The number of hydrogen-bond acceptors (Lipinski definition) is 3. The van der Waals surface area contributed by atoms with E-state index in [4.69, 9.17) is 0 Å². The van der Waals surface area contributed by atoms with Crippen LogP contribution in [0, 0.1) is 0 Å². The summed E-state index contributed by atoms with van der Waals surface area (Å²) in [6, 6.07) is 0. The van der Waals surface area contributed by atoms with Crippen molar-refractivity contribution >= 4 is 0 Å². The van der Waals surface area contributed by atoms with Gasteiger partial charge in [0.15, 0.2) is 0 Å². The maximum atomic E-state index is 4.47. The average molecular weight is 245 g/mol. The van der Waals surface area contributed by atoms with E-state index in [2.05, 4.69) is 24.4 Å². The molecular formula is C13H19N5. The molecule has 96 valence electrons. The Morgan fingerprint density at radius 2 is 2.17 bits per heavy atom. The molecule has 0 aromatic carbocycles. The Morgan fingerprint density at radius 3 is 3.06 bits per heavy atom. The number of aryl methyl sites for hydroxylation is 2. The van der Waals surface area contributed by atoms with E-state index in [0.29, 0.717) is 0 Å². The average Bonchev–Trinajstić information content (AvgIpc) is 3.04. The molecule has 3 rings (SSSR count). The van der Waals surface area contributed by atoms with E-state index in [1.165, 1.54) is 24.2 Å². The van der Waals surface area contributed by atoms with Gasteiger partial charge in [-0.05, 0) is 12.8 Å². The van der Waals surface area contributed by atoms with Gasteiger partial charge in [0.05, 0.1) is 18.3 Å². The van der Waals surface area contributed by atoms with E-state index in [1.54, 1.807) is 0 Å². The monoisotopic (exact) mass is 245 g/mol. The highest BCUT2D eigenvalue weighted by atomic mass is 15.1. The minimum absolute atomic E-state index is 0.928. The normalized spacial score (nSPS) is 14.7. The maximum Gasteiger partial charge on any atom is 0.0952 e. The molecule has 2 aromatic rings. The molecule has 3 heterocycles. The molecule has 0 bridgehead atoms. The lowest BCUT2D eigenvalue weighted by Crippen LogP contribution is -2.25. The van der Waals surface area contributed by atoms with Gasteiger partial charge in [-0.2, -0.15) is 0 Å². The predicted molar refractivity (Wildman–Crippen MR) is 69.1 cm³/mol. The number of hydrogen-bond donors (Lipinski definition) is 1. The highest BCUT2D eigenvalue weighted by molar-refractivity contribution is 5.16. The molecule has 0 radical (unpaired) electrons.